The molecule has 1 amide bonds. The summed E-state index contributed by atoms with van der Waals surface area (Å²) in [6, 6.07) is 6.78. The number of methoxy groups -OCH3 is 1. The van der Waals surface area contributed by atoms with Gasteiger partial charge in [0.15, 0.2) is 6.61 Å². The van der Waals surface area contributed by atoms with E-state index in [9.17, 15) is 9.59 Å². The molecule has 0 aliphatic heterocycles. The number of carbonyl (C=O) groups is 2. The number of amides is 1. The van der Waals surface area contributed by atoms with Crippen molar-refractivity contribution in [3.05, 3.63) is 29.8 Å². The van der Waals surface area contributed by atoms with Crippen molar-refractivity contribution in [3.8, 4) is 5.75 Å². The Labute approximate surface area is 137 Å². The zero-order valence-electron chi connectivity index (χ0n) is 14.0. The van der Waals surface area contributed by atoms with E-state index in [1.807, 2.05) is 0 Å². The summed E-state index contributed by atoms with van der Waals surface area (Å²) in [7, 11) is 1.34. The van der Waals surface area contributed by atoms with Crippen LogP contribution in [0.2, 0.25) is 0 Å². The molecule has 126 valence electrons. The first-order valence-corrected chi connectivity index (χ1v) is 8.11. The summed E-state index contributed by atoms with van der Waals surface area (Å²) in [5, 5.41) is 3.07. The largest absolute Gasteiger partial charge is 0.484 e. The van der Waals surface area contributed by atoms with Crippen molar-refractivity contribution in [1.82, 2.24) is 5.32 Å². The van der Waals surface area contributed by atoms with Crippen molar-refractivity contribution in [3.63, 3.8) is 0 Å². The molecule has 0 saturated heterocycles. The molecule has 1 saturated carbocycles. The van der Waals surface area contributed by atoms with Crippen LogP contribution in [0.1, 0.15) is 43.5 Å². The molecule has 5 nitrogen and oxygen atoms in total. The Balaban J connectivity index is 1.81. The van der Waals surface area contributed by atoms with Crippen LogP contribution in [0.5, 0.6) is 5.75 Å². The van der Waals surface area contributed by atoms with E-state index in [2.05, 4.69) is 23.9 Å². The van der Waals surface area contributed by atoms with Gasteiger partial charge in [0.25, 0.3) is 5.91 Å². The van der Waals surface area contributed by atoms with Crippen LogP contribution in [0.25, 0.3) is 0 Å². The third-order valence-electron chi connectivity index (χ3n) is 4.70. The fraction of sp³-hybridized carbons (Fsp3) is 0.556. The van der Waals surface area contributed by atoms with Crippen LogP contribution in [0, 0.1) is 11.8 Å². The molecule has 5 heteroatoms. The van der Waals surface area contributed by atoms with Crippen molar-refractivity contribution >= 4 is 11.9 Å². The predicted molar refractivity (Wildman–Crippen MR) is 87.4 cm³/mol. The lowest BCUT2D eigenvalue weighted by molar-refractivity contribution is -0.124. The molecule has 0 heterocycles. The number of esters is 1. The average molecular weight is 319 g/mol. The molecular formula is C18H25NO4. The molecule has 2 rings (SSSR count). The Kier molecular flexibility index (Phi) is 6.02. The van der Waals surface area contributed by atoms with E-state index >= 15 is 0 Å². The van der Waals surface area contributed by atoms with Crippen LogP contribution in [0.4, 0.5) is 0 Å². The van der Waals surface area contributed by atoms with Gasteiger partial charge in [-0.2, -0.15) is 0 Å². The van der Waals surface area contributed by atoms with Crippen LogP contribution < -0.4 is 10.1 Å². The van der Waals surface area contributed by atoms with Gasteiger partial charge in [-0.1, -0.05) is 26.7 Å². The molecule has 1 aromatic carbocycles. The predicted octanol–water partition coefficient (Wildman–Crippen LogP) is 2.79. The quantitative estimate of drug-likeness (QED) is 0.848. The monoisotopic (exact) mass is 319 g/mol. The first-order valence-electron chi connectivity index (χ1n) is 8.11. The van der Waals surface area contributed by atoms with Crippen molar-refractivity contribution in [1.29, 1.82) is 0 Å². The van der Waals surface area contributed by atoms with Gasteiger partial charge >= 0.3 is 5.97 Å². The van der Waals surface area contributed by atoms with Crippen LogP contribution in [-0.2, 0) is 9.53 Å². The van der Waals surface area contributed by atoms with Crippen LogP contribution in [0.15, 0.2) is 24.3 Å². The van der Waals surface area contributed by atoms with Crippen molar-refractivity contribution in [2.75, 3.05) is 13.7 Å². The normalized spacial score (nSPS) is 23.9. The standard InChI is InChI=1S/C18H25NO4/c1-12-5-4-6-16(13(12)2)19-17(20)11-23-15-9-7-14(8-10-15)18(21)22-3/h7-10,12-13,16H,4-6,11H2,1-3H3,(H,19,20)/t12-,13+,16-/m0/s1. The molecule has 1 fully saturated rings. The lowest BCUT2D eigenvalue weighted by Crippen LogP contribution is -2.45. The van der Waals surface area contributed by atoms with Crippen LogP contribution in [0.3, 0.4) is 0 Å². The average Bonchev–Trinajstić information content (AvgIpc) is 2.57. The molecule has 0 radical (unpaired) electrons. The summed E-state index contributed by atoms with van der Waals surface area (Å²) in [5.41, 5.74) is 0.453. The Morgan fingerprint density at radius 2 is 1.87 bits per heavy atom. The molecule has 0 unspecified atom stereocenters. The Morgan fingerprint density at radius 1 is 1.17 bits per heavy atom. The molecule has 23 heavy (non-hydrogen) atoms. The van der Waals surface area contributed by atoms with E-state index in [1.54, 1.807) is 24.3 Å². The minimum absolute atomic E-state index is 0.0187. The molecule has 1 aliphatic carbocycles. The van der Waals surface area contributed by atoms with Crippen molar-refractivity contribution < 1.29 is 19.1 Å². The van der Waals surface area contributed by atoms with E-state index in [4.69, 9.17) is 4.74 Å². The second kappa shape index (κ2) is 7.99. The molecule has 0 aromatic heterocycles. The highest BCUT2D eigenvalue weighted by Gasteiger charge is 2.28. The van der Waals surface area contributed by atoms with Gasteiger partial charge in [0.1, 0.15) is 5.75 Å². The SMILES string of the molecule is COC(=O)c1ccc(OCC(=O)N[C@H]2CCC[C@H](C)[C@H]2C)cc1. The van der Waals surface area contributed by atoms with Crippen LogP contribution in [-0.4, -0.2) is 31.6 Å². The second-order valence-electron chi connectivity index (χ2n) is 6.25. The highest BCUT2D eigenvalue weighted by molar-refractivity contribution is 5.89. The smallest absolute Gasteiger partial charge is 0.337 e. The van der Waals surface area contributed by atoms with Gasteiger partial charge in [0.2, 0.25) is 0 Å². The molecular weight excluding hydrogens is 294 g/mol. The third kappa shape index (κ3) is 4.71. The van der Waals surface area contributed by atoms with E-state index in [0.717, 1.165) is 12.8 Å². The number of ether oxygens (including phenoxy) is 2. The summed E-state index contributed by atoms with van der Waals surface area (Å²) >= 11 is 0. The first-order chi connectivity index (χ1) is 11.0. The number of hydrogen-bond donors (Lipinski definition) is 1. The maximum atomic E-state index is 12.0. The van der Waals surface area contributed by atoms with Crippen molar-refractivity contribution in [2.24, 2.45) is 11.8 Å². The minimum atomic E-state index is -0.394. The van der Waals surface area contributed by atoms with Gasteiger partial charge in [-0.25, -0.2) is 4.79 Å². The van der Waals surface area contributed by atoms with Crippen LogP contribution >= 0.6 is 0 Å². The van der Waals surface area contributed by atoms with Crippen molar-refractivity contribution in [2.45, 2.75) is 39.2 Å². The van der Waals surface area contributed by atoms with Gasteiger partial charge < -0.3 is 14.8 Å². The highest BCUT2D eigenvalue weighted by Crippen LogP contribution is 2.29. The summed E-state index contributed by atoms with van der Waals surface area (Å²) < 4.78 is 10.1. The summed E-state index contributed by atoms with van der Waals surface area (Å²) in [4.78, 5) is 23.4. The Morgan fingerprint density at radius 3 is 2.52 bits per heavy atom. The van der Waals surface area contributed by atoms with E-state index < -0.39 is 5.97 Å². The summed E-state index contributed by atoms with van der Waals surface area (Å²) in [6.07, 6.45) is 3.42. The molecule has 0 bridgehead atoms. The van der Waals surface area contributed by atoms with E-state index in [-0.39, 0.29) is 18.6 Å². The maximum Gasteiger partial charge on any atom is 0.337 e. The number of benzene rings is 1. The summed E-state index contributed by atoms with van der Waals surface area (Å²) in [5.74, 6) is 1.19. The Bertz CT molecular complexity index is 540. The lowest BCUT2D eigenvalue weighted by atomic mass is 9.78. The van der Waals surface area contributed by atoms with Gasteiger partial charge in [-0.05, 0) is 42.5 Å². The highest BCUT2D eigenvalue weighted by atomic mass is 16.5. The molecule has 3 atom stereocenters. The minimum Gasteiger partial charge on any atom is -0.484 e. The summed E-state index contributed by atoms with van der Waals surface area (Å²) in [6.45, 7) is 4.42. The third-order valence-corrected chi connectivity index (χ3v) is 4.70. The first kappa shape index (κ1) is 17.3. The maximum absolute atomic E-state index is 12.0. The van der Waals surface area contributed by atoms with Gasteiger partial charge in [-0.15, -0.1) is 0 Å². The topological polar surface area (TPSA) is 64.6 Å². The molecule has 1 aromatic rings. The fourth-order valence-electron chi connectivity index (χ4n) is 2.99. The number of rotatable bonds is 5. The van der Waals surface area contributed by atoms with Gasteiger partial charge in [0.05, 0.1) is 12.7 Å². The second-order valence-corrected chi connectivity index (χ2v) is 6.25. The molecule has 1 N–H and O–H groups in total. The Hall–Kier alpha value is -2.04. The lowest BCUT2D eigenvalue weighted by Gasteiger charge is -2.34. The zero-order valence-corrected chi connectivity index (χ0v) is 14.0. The number of hydrogen-bond acceptors (Lipinski definition) is 4. The zero-order chi connectivity index (χ0) is 16.8. The molecule has 1 aliphatic rings. The number of nitrogens with one attached hydrogen (secondary N) is 1. The van der Waals surface area contributed by atoms with E-state index in [1.165, 1.54) is 13.5 Å². The number of carbonyl (C=O) groups excluding carboxylic acids is 2. The molecule has 0 spiro atoms. The van der Waals surface area contributed by atoms with Gasteiger partial charge in [-0.3, -0.25) is 4.79 Å². The van der Waals surface area contributed by atoms with E-state index in [0.29, 0.717) is 23.1 Å². The fourth-order valence-corrected chi connectivity index (χ4v) is 2.99. The van der Waals surface area contributed by atoms with Gasteiger partial charge in [0, 0.05) is 6.04 Å².